The first-order valence-electron chi connectivity index (χ1n) is 5.06. The molecule has 0 bridgehead atoms. The zero-order chi connectivity index (χ0) is 11.3. The highest BCUT2D eigenvalue weighted by molar-refractivity contribution is 5.21. The zero-order valence-electron chi connectivity index (χ0n) is 8.98. The van der Waals surface area contributed by atoms with E-state index in [1.54, 1.807) is 0 Å². The maximum absolute atomic E-state index is 13.2. The molecule has 0 amide bonds. The van der Waals surface area contributed by atoms with E-state index >= 15 is 0 Å². The summed E-state index contributed by atoms with van der Waals surface area (Å²) in [5.74, 6) is 4.87. The van der Waals surface area contributed by atoms with Gasteiger partial charge in [0.2, 0.25) is 0 Å². The summed E-state index contributed by atoms with van der Waals surface area (Å²) in [5.41, 5.74) is 0.135. The fourth-order valence-electron chi connectivity index (χ4n) is 1.36. The molecule has 0 saturated carbocycles. The minimum Gasteiger partial charge on any atom is -0.207 e. The molecule has 0 aliphatic carbocycles. The van der Waals surface area contributed by atoms with Crippen LogP contribution in [0.25, 0.3) is 0 Å². The van der Waals surface area contributed by atoms with Gasteiger partial charge in [-0.1, -0.05) is 25.8 Å². The minimum atomic E-state index is -0.486. The monoisotopic (exact) mass is 208 g/mol. The molecular formula is C13H14F2. The molecule has 0 radical (unpaired) electrons. The first kappa shape index (κ1) is 11.7. The van der Waals surface area contributed by atoms with E-state index in [1.165, 1.54) is 18.2 Å². The van der Waals surface area contributed by atoms with E-state index in [4.69, 9.17) is 0 Å². The van der Waals surface area contributed by atoms with Gasteiger partial charge in [0.05, 0.1) is 0 Å². The van der Waals surface area contributed by atoms with Crippen LogP contribution < -0.4 is 0 Å². The standard InChI is InChI=1S/C13H14F2/c1-3-4-6-10(2)9-11-12(14)7-5-8-13(11)15/h5,7-8,10H,3,9H2,1-2H3. The summed E-state index contributed by atoms with van der Waals surface area (Å²) in [5, 5.41) is 0. The highest BCUT2D eigenvalue weighted by atomic mass is 19.1. The van der Waals surface area contributed by atoms with Crippen LogP contribution in [0.4, 0.5) is 8.78 Å². The number of hydrogen-bond acceptors (Lipinski definition) is 0. The van der Waals surface area contributed by atoms with Crippen molar-refractivity contribution >= 4 is 0 Å². The highest BCUT2D eigenvalue weighted by Crippen LogP contribution is 2.16. The Morgan fingerprint density at radius 3 is 2.40 bits per heavy atom. The number of halogens is 2. The lowest BCUT2D eigenvalue weighted by Gasteiger charge is -2.06. The normalized spacial score (nSPS) is 11.7. The lowest BCUT2D eigenvalue weighted by molar-refractivity contribution is 0.541. The van der Waals surface area contributed by atoms with Crippen LogP contribution in [0.1, 0.15) is 25.8 Å². The fraction of sp³-hybridized carbons (Fsp3) is 0.385. The summed E-state index contributed by atoms with van der Waals surface area (Å²) in [6.07, 6.45) is 1.09. The van der Waals surface area contributed by atoms with Crippen molar-refractivity contribution in [2.45, 2.75) is 26.7 Å². The van der Waals surface area contributed by atoms with Crippen molar-refractivity contribution in [3.63, 3.8) is 0 Å². The van der Waals surface area contributed by atoms with Gasteiger partial charge < -0.3 is 0 Å². The number of hydrogen-bond donors (Lipinski definition) is 0. The van der Waals surface area contributed by atoms with E-state index in [1.807, 2.05) is 13.8 Å². The molecule has 1 atom stereocenters. The molecule has 0 heterocycles. The van der Waals surface area contributed by atoms with Crippen LogP contribution >= 0.6 is 0 Å². The Hall–Kier alpha value is -1.36. The summed E-state index contributed by atoms with van der Waals surface area (Å²) >= 11 is 0. The van der Waals surface area contributed by atoms with E-state index in [0.29, 0.717) is 6.42 Å². The molecule has 2 heteroatoms. The summed E-state index contributed by atoms with van der Waals surface area (Å²) in [4.78, 5) is 0. The van der Waals surface area contributed by atoms with Gasteiger partial charge in [0.25, 0.3) is 0 Å². The second kappa shape index (κ2) is 5.50. The van der Waals surface area contributed by atoms with Gasteiger partial charge >= 0.3 is 0 Å². The predicted molar refractivity (Wildman–Crippen MR) is 57.3 cm³/mol. The first-order chi connectivity index (χ1) is 7.15. The van der Waals surface area contributed by atoms with E-state index in [-0.39, 0.29) is 11.5 Å². The minimum absolute atomic E-state index is 0.0173. The van der Waals surface area contributed by atoms with Gasteiger partial charge in [-0.05, 0) is 18.6 Å². The molecule has 1 aromatic carbocycles. The summed E-state index contributed by atoms with van der Waals surface area (Å²) in [6, 6.07) is 3.92. The van der Waals surface area contributed by atoms with Crippen molar-refractivity contribution in [1.82, 2.24) is 0 Å². The molecule has 0 aromatic heterocycles. The smallest absolute Gasteiger partial charge is 0.129 e. The predicted octanol–water partition coefficient (Wildman–Crippen LogP) is 3.56. The van der Waals surface area contributed by atoms with Crippen molar-refractivity contribution in [3.8, 4) is 11.8 Å². The molecule has 1 unspecified atom stereocenters. The molecule has 15 heavy (non-hydrogen) atoms. The average molecular weight is 208 g/mol. The molecule has 80 valence electrons. The number of benzene rings is 1. The van der Waals surface area contributed by atoms with Gasteiger partial charge in [0.1, 0.15) is 11.6 Å². The molecule has 1 aromatic rings. The Morgan fingerprint density at radius 1 is 1.27 bits per heavy atom. The maximum Gasteiger partial charge on any atom is 0.129 e. The van der Waals surface area contributed by atoms with E-state index in [2.05, 4.69) is 11.8 Å². The van der Waals surface area contributed by atoms with Crippen molar-refractivity contribution in [2.75, 3.05) is 0 Å². The molecule has 0 saturated heterocycles. The molecule has 0 nitrogen and oxygen atoms in total. The summed E-state index contributed by atoms with van der Waals surface area (Å²) < 4.78 is 26.5. The third-order valence-corrected chi connectivity index (χ3v) is 2.10. The van der Waals surface area contributed by atoms with Crippen LogP contribution in [0.15, 0.2) is 18.2 Å². The molecule has 0 N–H and O–H groups in total. The van der Waals surface area contributed by atoms with Gasteiger partial charge in [-0.25, -0.2) is 8.78 Å². The third-order valence-electron chi connectivity index (χ3n) is 2.10. The van der Waals surface area contributed by atoms with Crippen LogP contribution in [0.2, 0.25) is 0 Å². The Kier molecular flexibility index (Phi) is 4.30. The van der Waals surface area contributed by atoms with Crippen molar-refractivity contribution in [2.24, 2.45) is 5.92 Å². The lowest BCUT2D eigenvalue weighted by atomic mass is 10.0. The molecule has 0 spiro atoms. The van der Waals surface area contributed by atoms with Crippen LogP contribution in [-0.4, -0.2) is 0 Å². The van der Waals surface area contributed by atoms with Crippen LogP contribution in [0.3, 0.4) is 0 Å². The molecule has 0 aliphatic heterocycles. The van der Waals surface area contributed by atoms with E-state index < -0.39 is 11.6 Å². The van der Waals surface area contributed by atoms with Crippen LogP contribution in [0, 0.1) is 29.4 Å². The van der Waals surface area contributed by atoms with Gasteiger partial charge in [0.15, 0.2) is 0 Å². The summed E-state index contributed by atoms with van der Waals surface area (Å²) in [7, 11) is 0. The van der Waals surface area contributed by atoms with Crippen LogP contribution in [0.5, 0.6) is 0 Å². The van der Waals surface area contributed by atoms with Gasteiger partial charge in [-0.3, -0.25) is 0 Å². The second-order valence-electron chi connectivity index (χ2n) is 3.48. The SMILES string of the molecule is CCC#CC(C)Cc1c(F)cccc1F. The van der Waals surface area contributed by atoms with Gasteiger partial charge in [-0.15, -0.1) is 5.92 Å². The molecular weight excluding hydrogens is 194 g/mol. The van der Waals surface area contributed by atoms with E-state index in [9.17, 15) is 8.78 Å². The molecule has 0 aliphatic rings. The Labute approximate surface area is 89.3 Å². The Bertz CT molecular complexity index is 365. The Balaban J connectivity index is 2.80. The number of rotatable bonds is 2. The van der Waals surface area contributed by atoms with Crippen molar-refractivity contribution in [3.05, 3.63) is 35.4 Å². The van der Waals surface area contributed by atoms with Crippen LogP contribution in [-0.2, 0) is 6.42 Å². The average Bonchev–Trinajstić information content (AvgIpc) is 2.21. The van der Waals surface area contributed by atoms with Crippen molar-refractivity contribution < 1.29 is 8.78 Å². The second-order valence-corrected chi connectivity index (χ2v) is 3.48. The third kappa shape index (κ3) is 3.36. The van der Waals surface area contributed by atoms with E-state index in [0.717, 1.165) is 6.42 Å². The zero-order valence-corrected chi connectivity index (χ0v) is 8.98. The quantitative estimate of drug-likeness (QED) is 0.652. The highest BCUT2D eigenvalue weighted by Gasteiger charge is 2.10. The van der Waals surface area contributed by atoms with Crippen molar-refractivity contribution in [1.29, 1.82) is 0 Å². The topological polar surface area (TPSA) is 0 Å². The fourth-order valence-corrected chi connectivity index (χ4v) is 1.36. The largest absolute Gasteiger partial charge is 0.207 e. The van der Waals surface area contributed by atoms with Gasteiger partial charge in [0, 0.05) is 17.9 Å². The maximum atomic E-state index is 13.2. The lowest BCUT2D eigenvalue weighted by Crippen LogP contribution is -2.02. The Morgan fingerprint density at radius 2 is 1.87 bits per heavy atom. The molecule has 1 rings (SSSR count). The van der Waals surface area contributed by atoms with Gasteiger partial charge in [-0.2, -0.15) is 0 Å². The molecule has 0 fully saturated rings. The summed E-state index contributed by atoms with van der Waals surface area (Å²) in [6.45, 7) is 3.82. The first-order valence-corrected chi connectivity index (χ1v) is 5.06.